The van der Waals surface area contributed by atoms with E-state index in [9.17, 15) is 9.59 Å². The van der Waals surface area contributed by atoms with Gasteiger partial charge in [-0.05, 0) is 23.3 Å². The third kappa shape index (κ3) is 8.69. The first-order valence-corrected chi connectivity index (χ1v) is 12.8. The fourth-order valence-electron chi connectivity index (χ4n) is 3.76. The average molecular weight is 605 g/mol. The zero-order valence-corrected chi connectivity index (χ0v) is 23.6. The first kappa shape index (κ1) is 30.9. The summed E-state index contributed by atoms with van der Waals surface area (Å²) >= 11 is 17.4. The number of nitrogens with one attached hydrogen (secondary N) is 1. The number of ether oxygens (including phenoxy) is 7. The molecule has 1 aliphatic rings. The summed E-state index contributed by atoms with van der Waals surface area (Å²) in [6.45, 7) is 1.25. The van der Waals surface area contributed by atoms with Crippen molar-refractivity contribution in [3.63, 3.8) is 0 Å². The van der Waals surface area contributed by atoms with E-state index in [1.807, 2.05) is 30.3 Å². The van der Waals surface area contributed by atoms with E-state index in [1.165, 1.54) is 14.0 Å². The minimum atomic E-state index is -2.26. The Morgan fingerprint density at radius 1 is 0.872 bits per heavy atom. The molecule has 1 N–H and O–H groups in total. The predicted octanol–water partition coefficient (Wildman–Crippen LogP) is 4.36. The molecule has 39 heavy (non-hydrogen) atoms. The van der Waals surface area contributed by atoms with Crippen molar-refractivity contribution in [2.75, 3.05) is 14.2 Å². The molecule has 0 saturated carbocycles. The number of carbonyl (C=O) groups excluding carboxylic acids is 2. The van der Waals surface area contributed by atoms with Gasteiger partial charge in [-0.25, -0.2) is 4.79 Å². The SMILES string of the molecule is COC(=O)[C@@H]1O[C@H](OC(=N)C(Cl)(Cl)Cl)[C@H](OC(C)=O)[C@@H](OCc2ccccc2)[C@@H]1OCc1ccc(OC)cc1. The van der Waals surface area contributed by atoms with Crippen molar-refractivity contribution >= 4 is 52.6 Å². The fourth-order valence-corrected chi connectivity index (χ4v) is 3.90. The molecule has 0 unspecified atom stereocenters. The quantitative estimate of drug-likeness (QED) is 0.182. The van der Waals surface area contributed by atoms with E-state index in [-0.39, 0.29) is 13.2 Å². The Balaban J connectivity index is 1.98. The minimum Gasteiger partial charge on any atom is -0.497 e. The number of rotatable bonds is 10. The van der Waals surface area contributed by atoms with Gasteiger partial charge in [0.1, 0.15) is 18.0 Å². The number of halogens is 3. The number of carbonyl (C=O) groups is 2. The lowest BCUT2D eigenvalue weighted by molar-refractivity contribution is -0.297. The standard InChI is InChI=1S/C26H28Cl3NO9/c1-15(31)37-22-20(36-13-16-7-5-4-6-8-16)19(35-14-17-9-11-18(33-2)12-10-17)21(23(32)34-3)38-24(22)39-25(30)26(27,28)29/h4-12,19-22,24,30H,13-14H2,1-3H3/t19-,20-,21+,22+,24+/m0/s1. The molecule has 1 heterocycles. The molecule has 0 amide bonds. The summed E-state index contributed by atoms with van der Waals surface area (Å²) in [5.74, 6) is -1.70. The van der Waals surface area contributed by atoms with Gasteiger partial charge in [0.05, 0.1) is 27.4 Å². The summed E-state index contributed by atoms with van der Waals surface area (Å²) < 4.78 is 37.0. The third-order valence-corrected chi connectivity index (χ3v) is 6.12. The van der Waals surface area contributed by atoms with Crippen molar-refractivity contribution < 1.29 is 42.7 Å². The Hall–Kier alpha value is -2.60. The Kier molecular flexibility index (Phi) is 11.2. The van der Waals surface area contributed by atoms with Gasteiger partial charge in [0, 0.05) is 6.92 Å². The molecule has 1 aliphatic heterocycles. The lowest BCUT2D eigenvalue weighted by Crippen LogP contribution is -2.63. The molecular formula is C26H28Cl3NO9. The predicted molar refractivity (Wildman–Crippen MR) is 142 cm³/mol. The number of methoxy groups -OCH3 is 2. The van der Waals surface area contributed by atoms with Crippen LogP contribution in [0.3, 0.4) is 0 Å². The Labute approximate surface area is 240 Å². The maximum atomic E-state index is 12.9. The summed E-state index contributed by atoms with van der Waals surface area (Å²) in [7, 11) is 2.72. The van der Waals surface area contributed by atoms with Crippen LogP contribution in [0.4, 0.5) is 0 Å². The van der Waals surface area contributed by atoms with Gasteiger partial charge in [-0.2, -0.15) is 0 Å². The second-order valence-electron chi connectivity index (χ2n) is 8.35. The molecule has 13 heteroatoms. The highest BCUT2D eigenvalue weighted by molar-refractivity contribution is 6.76. The molecule has 1 saturated heterocycles. The Morgan fingerprint density at radius 2 is 1.46 bits per heavy atom. The van der Waals surface area contributed by atoms with Gasteiger partial charge in [-0.15, -0.1) is 0 Å². The van der Waals surface area contributed by atoms with E-state index in [0.29, 0.717) is 5.75 Å². The van der Waals surface area contributed by atoms with Gasteiger partial charge in [0.15, 0.2) is 12.2 Å². The average Bonchev–Trinajstić information content (AvgIpc) is 2.91. The molecule has 3 rings (SSSR count). The van der Waals surface area contributed by atoms with Crippen LogP contribution in [0.1, 0.15) is 18.1 Å². The first-order chi connectivity index (χ1) is 18.5. The van der Waals surface area contributed by atoms with Crippen LogP contribution in [0.5, 0.6) is 5.75 Å². The molecular weight excluding hydrogens is 577 g/mol. The van der Waals surface area contributed by atoms with Gasteiger partial charge >= 0.3 is 11.9 Å². The van der Waals surface area contributed by atoms with Crippen molar-refractivity contribution in [1.29, 1.82) is 5.41 Å². The number of esters is 2. The van der Waals surface area contributed by atoms with E-state index in [1.54, 1.807) is 31.4 Å². The molecule has 0 aliphatic carbocycles. The number of alkyl halides is 3. The largest absolute Gasteiger partial charge is 0.497 e. The van der Waals surface area contributed by atoms with E-state index in [2.05, 4.69) is 0 Å². The van der Waals surface area contributed by atoms with Crippen molar-refractivity contribution in [2.24, 2.45) is 0 Å². The molecule has 10 nitrogen and oxygen atoms in total. The highest BCUT2D eigenvalue weighted by atomic mass is 35.6. The summed E-state index contributed by atoms with van der Waals surface area (Å²) in [4.78, 5) is 25.0. The van der Waals surface area contributed by atoms with Crippen molar-refractivity contribution in [2.45, 2.75) is 54.6 Å². The number of benzene rings is 2. The maximum Gasteiger partial charge on any atom is 0.338 e. The molecule has 2 aromatic rings. The minimum absolute atomic E-state index is 0.0268. The normalized spacial score (nSPS) is 23.0. The molecule has 0 aromatic heterocycles. The second-order valence-corrected chi connectivity index (χ2v) is 10.6. The Morgan fingerprint density at radius 3 is 2.00 bits per heavy atom. The summed E-state index contributed by atoms with van der Waals surface area (Å²) in [5.41, 5.74) is 1.54. The van der Waals surface area contributed by atoms with Gasteiger partial charge in [0.2, 0.25) is 12.2 Å². The summed E-state index contributed by atoms with van der Waals surface area (Å²) in [6, 6.07) is 16.2. The topological polar surface area (TPSA) is 123 Å². The van der Waals surface area contributed by atoms with Gasteiger partial charge in [0.25, 0.3) is 3.79 Å². The number of hydrogen-bond acceptors (Lipinski definition) is 10. The third-order valence-electron chi connectivity index (χ3n) is 5.61. The van der Waals surface area contributed by atoms with Crippen LogP contribution >= 0.6 is 34.8 Å². The van der Waals surface area contributed by atoms with Crippen LogP contribution in [0, 0.1) is 5.41 Å². The summed E-state index contributed by atoms with van der Waals surface area (Å²) in [6.07, 6.45) is -6.62. The molecule has 5 atom stereocenters. The van der Waals surface area contributed by atoms with Gasteiger partial charge < -0.3 is 33.2 Å². The van der Waals surface area contributed by atoms with Crippen molar-refractivity contribution in [3.05, 3.63) is 65.7 Å². The molecule has 2 aromatic carbocycles. The van der Waals surface area contributed by atoms with Crippen LogP contribution < -0.4 is 4.74 Å². The monoisotopic (exact) mass is 603 g/mol. The Bertz CT molecular complexity index is 1110. The zero-order valence-electron chi connectivity index (χ0n) is 21.3. The van der Waals surface area contributed by atoms with Crippen molar-refractivity contribution in [1.82, 2.24) is 0 Å². The lowest BCUT2D eigenvalue weighted by Gasteiger charge is -2.44. The van der Waals surface area contributed by atoms with Crippen molar-refractivity contribution in [3.8, 4) is 5.75 Å². The van der Waals surface area contributed by atoms with E-state index in [4.69, 9.17) is 73.4 Å². The fraction of sp³-hybridized carbons (Fsp3) is 0.423. The first-order valence-electron chi connectivity index (χ1n) is 11.7. The lowest BCUT2D eigenvalue weighted by atomic mass is 9.97. The van der Waals surface area contributed by atoms with E-state index in [0.717, 1.165) is 11.1 Å². The molecule has 0 radical (unpaired) electrons. The second kappa shape index (κ2) is 14.2. The number of hydrogen-bond donors (Lipinski definition) is 1. The highest BCUT2D eigenvalue weighted by Gasteiger charge is 2.54. The smallest absolute Gasteiger partial charge is 0.338 e. The molecule has 0 spiro atoms. The van der Waals surface area contributed by atoms with Crippen LogP contribution in [-0.4, -0.2) is 66.6 Å². The molecule has 1 fully saturated rings. The molecule has 0 bridgehead atoms. The van der Waals surface area contributed by atoms with Crippen LogP contribution in [0.2, 0.25) is 0 Å². The maximum absolute atomic E-state index is 12.9. The van der Waals surface area contributed by atoms with Gasteiger partial charge in [-0.1, -0.05) is 77.3 Å². The van der Waals surface area contributed by atoms with E-state index < -0.39 is 52.3 Å². The zero-order chi connectivity index (χ0) is 28.6. The van der Waals surface area contributed by atoms with Crippen LogP contribution in [-0.2, 0) is 51.2 Å². The van der Waals surface area contributed by atoms with Crippen LogP contribution in [0.25, 0.3) is 0 Å². The van der Waals surface area contributed by atoms with E-state index >= 15 is 0 Å². The highest BCUT2D eigenvalue weighted by Crippen LogP contribution is 2.34. The summed E-state index contributed by atoms with van der Waals surface area (Å²) in [5, 5.41) is 8.01. The van der Waals surface area contributed by atoms with Gasteiger partial charge in [-0.3, -0.25) is 10.2 Å². The molecule has 212 valence electrons. The van der Waals surface area contributed by atoms with Crippen LogP contribution in [0.15, 0.2) is 54.6 Å².